The van der Waals surface area contributed by atoms with Crippen LogP contribution in [0, 0.1) is 0 Å². The molecule has 4 heterocycles. The van der Waals surface area contributed by atoms with E-state index in [0.29, 0.717) is 38.3 Å². The summed E-state index contributed by atoms with van der Waals surface area (Å²) in [5, 5.41) is 0.944. The van der Waals surface area contributed by atoms with Crippen LogP contribution < -0.4 is 10.5 Å². The predicted molar refractivity (Wildman–Crippen MR) is 92.8 cm³/mol. The van der Waals surface area contributed by atoms with Crippen LogP contribution in [-0.4, -0.2) is 52.7 Å². The van der Waals surface area contributed by atoms with E-state index in [9.17, 15) is 18.0 Å². The lowest BCUT2D eigenvalue weighted by Crippen LogP contribution is -2.36. The molecular formula is C16H18F3N5O2S. The highest BCUT2D eigenvalue weighted by Crippen LogP contribution is 2.28. The minimum absolute atomic E-state index is 0.237. The molecule has 11 heteroatoms. The number of H-pyrrole nitrogens is 1. The Labute approximate surface area is 156 Å². The monoisotopic (exact) mass is 401 g/mol. The van der Waals surface area contributed by atoms with Crippen LogP contribution in [0.2, 0.25) is 0 Å². The Morgan fingerprint density at radius 2 is 2.04 bits per heavy atom. The SMILES string of the molecule is O=c1[nH]c(C(F)(F)F)nc2c1CN(Cc1cnc(N3CCOCC3)s1)CC2. The van der Waals surface area contributed by atoms with Crippen molar-refractivity contribution in [2.45, 2.75) is 25.7 Å². The number of aromatic amines is 1. The third-order valence-corrected chi connectivity index (χ3v) is 5.66. The Hall–Kier alpha value is -1.98. The first-order chi connectivity index (χ1) is 12.9. The third-order valence-electron chi connectivity index (χ3n) is 4.62. The molecule has 2 aromatic rings. The largest absolute Gasteiger partial charge is 0.449 e. The van der Waals surface area contributed by atoms with Crippen molar-refractivity contribution in [3.8, 4) is 0 Å². The Kier molecular flexibility index (Phi) is 4.91. The maximum absolute atomic E-state index is 12.8. The van der Waals surface area contributed by atoms with E-state index in [1.807, 2.05) is 16.1 Å². The Balaban J connectivity index is 1.46. The number of halogens is 3. The summed E-state index contributed by atoms with van der Waals surface area (Å²) in [6.45, 7) is 4.42. The fourth-order valence-corrected chi connectivity index (χ4v) is 4.25. The zero-order chi connectivity index (χ0) is 19.0. The van der Waals surface area contributed by atoms with Gasteiger partial charge in [-0.3, -0.25) is 9.69 Å². The van der Waals surface area contributed by atoms with Crippen LogP contribution in [0.25, 0.3) is 0 Å². The van der Waals surface area contributed by atoms with Gasteiger partial charge in [0.05, 0.1) is 24.5 Å². The van der Waals surface area contributed by atoms with Gasteiger partial charge < -0.3 is 14.6 Å². The molecule has 146 valence electrons. The molecule has 1 N–H and O–H groups in total. The van der Waals surface area contributed by atoms with Crippen molar-refractivity contribution >= 4 is 16.5 Å². The van der Waals surface area contributed by atoms with Crippen molar-refractivity contribution < 1.29 is 17.9 Å². The van der Waals surface area contributed by atoms with Gasteiger partial charge in [-0.05, 0) is 0 Å². The number of nitrogens with one attached hydrogen (secondary N) is 1. The van der Waals surface area contributed by atoms with Gasteiger partial charge in [0, 0.05) is 50.2 Å². The summed E-state index contributed by atoms with van der Waals surface area (Å²) in [7, 11) is 0. The molecule has 0 spiro atoms. The number of aromatic nitrogens is 3. The number of rotatable bonds is 3. The normalized spacial score (nSPS) is 18.6. The molecule has 7 nitrogen and oxygen atoms in total. The fourth-order valence-electron chi connectivity index (χ4n) is 3.24. The van der Waals surface area contributed by atoms with E-state index in [-0.39, 0.29) is 12.2 Å². The van der Waals surface area contributed by atoms with E-state index in [1.54, 1.807) is 11.3 Å². The highest BCUT2D eigenvalue weighted by Gasteiger charge is 2.36. The maximum atomic E-state index is 12.8. The molecule has 0 aromatic carbocycles. The first kappa shape index (κ1) is 18.4. The first-order valence-corrected chi connectivity index (χ1v) is 9.41. The Morgan fingerprint density at radius 1 is 1.26 bits per heavy atom. The van der Waals surface area contributed by atoms with E-state index in [1.165, 1.54) is 0 Å². The molecule has 4 rings (SSSR count). The standard InChI is InChI=1S/C16H18F3N5O2S/c17-16(18,19)14-21-12-1-2-23(9-11(12)13(25)22-14)8-10-7-20-15(27-10)24-3-5-26-6-4-24/h7H,1-6,8-9H2,(H,21,22,25). The molecule has 1 saturated heterocycles. The number of alkyl halides is 3. The quantitative estimate of drug-likeness (QED) is 0.843. The van der Waals surface area contributed by atoms with E-state index < -0.39 is 17.6 Å². The van der Waals surface area contributed by atoms with Gasteiger partial charge in [0.2, 0.25) is 5.82 Å². The number of fused-ring (bicyclic) bond motifs is 1. The second-order valence-electron chi connectivity index (χ2n) is 6.51. The number of ether oxygens (including phenoxy) is 1. The second kappa shape index (κ2) is 7.21. The van der Waals surface area contributed by atoms with Gasteiger partial charge in [-0.2, -0.15) is 13.2 Å². The number of hydrogen-bond donors (Lipinski definition) is 1. The van der Waals surface area contributed by atoms with Crippen LogP contribution in [-0.2, 0) is 30.4 Å². The lowest BCUT2D eigenvalue weighted by Gasteiger charge is -2.27. The van der Waals surface area contributed by atoms with E-state index in [0.717, 1.165) is 23.1 Å². The van der Waals surface area contributed by atoms with Crippen LogP contribution in [0.5, 0.6) is 0 Å². The zero-order valence-electron chi connectivity index (χ0n) is 14.4. The van der Waals surface area contributed by atoms with Crippen molar-refractivity contribution in [2.24, 2.45) is 0 Å². The van der Waals surface area contributed by atoms with Gasteiger partial charge in [0.1, 0.15) is 0 Å². The van der Waals surface area contributed by atoms with Crippen LogP contribution >= 0.6 is 11.3 Å². The van der Waals surface area contributed by atoms with Crippen LogP contribution in [0.1, 0.15) is 22.0 Å². The van der Waals surface area contributed by atoms with Gasteiger partial charge >= 0.3 is 6.18 Å². The summed E-state index contributed by atoms with van der Waals surface area (Å²) in [6, 6.07) is 0. The number of anilines is 1. The molecule has 1 fully saturated rings. The molecular weight excluding hydrogens is 383 g/mol. The smallest absolute Gasteiger partial charge is 0.378 e. The average molecular weight is 401 g/mol. The van der Waals surface area contributed by atoms with E-state index in [2.05, 4.69) is 14.9 Å². The Morgan fingerprint density at radius 3 is 2.78 bits per heavy atom. The molecule has 0 saturated carbocycles. The highest BCUT2D eigenvalue weighted by molar-refractivity contribution is 7.15. The van der Waals surface area contributed by atoms with Crippen molar-refractivity contribution in [1.82, 2.24) is 19.9 Å². The summed E-state index contributed by atoms with van der Waals surface area (Å²) < 4.78 is 43.7. The van der Waals surface area contributed by atoms with Crippen LogP contribution in [0.3, 0.4) is 0 Å². The molecule has 2 aliphatic rings. The molecule has 0 radical (unpaired) electrons. The molecule has 0 atom stereocenters. The zero-order valence-corrected chi connectivity index (χ0v) is 15.2. The lowest BCUT2D eigenvalue weighted by molar-refractivity contribution is -0.145. The fraction of sp³-hybridized carbons (Fsp3) is 0.562. The minimum atomic E-state index is -4.65. The molecule has 27 heavy (non-hydrogen) atoms. The van der Waals surface area contributed by atoms with Crippen LogP contribution in [0.15, 0.2) is 11.0 Å². The van der Waals surface area contributed by atoms with Gasteiger partial charge in [-0.15, -0.1) is 11.3 Å². The molecule has 0 unspecified atom stereocenters. The van der Waals surface area contributed by atoms with Gasteiger partial charge in [-0.25, -0.2) is 9.97 Å². The Bertz CT molecular complexity index is 876. The average Bonchev–Trinajstić information content (AvgIpc) is 3.10. The summed E-state index contributed by atoms with van der Waals surface area (Å²) in [6.07, 6.45) is -2.51. The maximum Gasteiger partial charge on any atom is 0.449 e. The molecule has 2 aromatic heterocycles. The number of hydrogen-bond acceptors (Lipinski definition) is 7. The van der Waals surface area contributed by atoms with Crippen molar-refractivity contribution in [1.29, 1.82) is 0 Å². The summed E-state index contributed by atoms with van der Waals surface area (Å²) in [4.78, 5) is 27.3. The second-order valence-corrected chi connectivity index (χ2v) is 7.60. The highest BCUT2D eigenvalue weighted by atomic mass is 32.1. The number of morpholine rings is 1. The molecule has 0 bridgehead atoms. The van der Waals surface area contributed by atoms with Crippen molar-refractivity contribution in [3.05, 3.63) is 38.5 Å². The minimum Gasteiger partial charge on any atom is -0.378 e. The van der Waals surface area contributed by atoms with Gasteiger partial charge in [0.15, 0.2) is 5.13 Å². The topological polar surface area (TPSA) is 74.4 Å². The summed E-state index contributed by atoms with van der Waals surface area (Å²) in [5.74, 6) is -1.22. The lowest BCUT2D eigenvalue weighted by atomic mass is 10.1. The molecule has 0 amide bonds. The molecule has 2 aliphatic heterocycles. The van der Waals surface area contributed by atoms with Crippen molar-refractivity contribution in [2.75, 3.05) is 37.7 Å². The van der Waals surface area contributed by atoms with Gasteiger partial charge in [0.25, 0.3) is 5.56 Å². The van der Waals surface area contributed by atoms with E-state index >= 15 is 0 Å². The number of thiazole rings is 1. The van der Waals surface area contributed by atoms with Gasteiger partial charge in [-0.1, -0.05) is 0 Å². The van der Waals surface area contributed by atoms with E-state index in [4.69, 9.17) is 4.74 Å². The summed E-state index contributed by atoms with van der Waals surface area (Å²) in [5.41, 5.74) is -0.164. The number of nitrogens with zero attached hydrogens (tertiary/aromatic N) is 4. The van der Waals surface area contributed by atoms with Crippen LogP contribution in [0.4, 0.5) is 18.3 Å². The first-order valence-electron chi connectivity index (χ1n) is 8.59. The predicted octanol–water partition coefficient (Wildman–Crippen LogP) is 1.64. The molecule has 0 aliphatic carbocycles. The summed E-state index contributed by atoms with van der Waals surface area (Å²) >= 11 is 1.59. The van der Waals surface area contributed by atoms with Crippen molar-refractivity contribution in [3.63, 3.8) is 0 Å². The third kappa shape index (κ3) is 3.99.